The lowest BCUT2D eigenvalue weighted by Crippen LogP contribution is -1.89. The Bertz CT molecular complexity index is 286. The Morgan fingerprint density at radius 2 is 2.11 bits per heavy atom. The zero-order valence-electron chi connectivity index (χ0n) is 4.22. The standard InChI is InChI=1S/C3HN5O/c1-2-3(6-9-1)5-8-7-4-2/h1H. The summed E-state index contributed by atoms with van der Waals surface area (Å²) >= 11 is 0. The average Bonchev–Trinajstić information content (AvgIpc) is 2.33. The lowest BCUT2D eigenvalue weighted by molar-refractivity contribution is 0.426. The van der Waals surface area contributed by atoms with Crippen molar-refractivity contribution in [2.24, 2.45) is 0 Å². The topological polar surface area (TPSA) is 77.6 Å². The van der Waals surface area contributed by atoms with Crippen LogP contribution in [0.3, 0.4) is 0 Å². The van der Waals surface area contributed by atoms with Gasteiger partial charge in [-0.2, -0.15) is 0 Å². The van der Waals surface area contributed by atoms with Crippen molar-refractivity contribution in [1.29, 1.82) is 0 Å². The van der Waals surface area contributed by atoms with Crippen molar-refractivity contribution in [2.75, 3.05) is 0 Å². The van der Waals surface area contributed by atoms with E-state index < -0.39 is 0 Å². The zero-order chi connectivity index (χ0) is 6.10. The monoisotopic (exact) mass is 123 g/mol. The second-order valence-corrected chi connectivity index (χ2v) is 1.40. The third kappa shape index (κ3) is 0.525. The summed E-state index contributed by atoms with van der Waals surface area (Å²) in [5, 5.41) is 17.1. The van der Waals surface area contributed by atoms with E-state index in [1.807, 2.05) is 0 Å². The highest BCUT2D eigenvalue weighted by Crippen LogP contribution is 1.99. The quantitative estimate of drug-likeness (QED) is 0.465. The van der Waals surface area contributed by atoms with E-state index in [9.17, 15) is 0 Å². The summed E-state index contributed by atoms with van der Waals surface area (Å²) in [5.74, 6) is 0. The highest BCUT2D eigenvalue weighted by Gasteiger charge is 1.97. The fourth-order valence-corrected chi connectivity index (χ4v) is 0.494. The van der Waals surface area contributed by atoms with Crippen LogP contribution in [-0.4, -0.2) is 25.8 Å². The van der Waals surface area contributed by atoms with Gasteiger partial charge in [-0.15, -0.1) is 10.2 Å². The molecule has 0 bridgehead atoms. The Morgan fingerprint density at radius 1 is 1.22 bits per heavy atom. The SMILES string of the molecule is c1onc2nnnnc12. The maximum Gasteiger partial charge on any atom is 0.246 e. The Labute approximate surface area is 48.9 Å². The van der Waals surface area contributed by atoms with Crippen molar-refractivity contribution < 1.29 is 4.52 Å². The van der Waals surface area contributed by atoms with Crippen LogP contribution in [0.1, 0.15) is 0 Å². The Morgan fingerprint density at radius 3 is 3.00 bits per heavy atom. The minimum absolute atomic E-state index is 0.380. The van der Waals surface area contributed by atoms with Gasteiger partial charge in [0.05, 0.1) is 0 Å². The van der Waals surface area contributed by atoms with Gasteiger partial charge in [-0.3, -0.25) is 0 Å². The number of aromatic nitrogens is 5. The van der Waals surface area contributed by atoms with Gasteiger partial charge in [-0.25, -0.2) is 0 Å². The van der Waals surface area contributed by atoms with E-state index in [0.717, 1.165) is 0 Å². The summed E-state index contributed by atoms with van der Waals surface area (Å²) in [7, 11) is 0. The first-order valence-electron chi connectivity index (χ1n) is 2.23. The molecule has 0 N–H and O–H groups in total. The van der Waals surface area contributed by atoms with E-state index in [-0.39, 0.29) is 0 Å². The molecule has 0 saturated carbocycles. The van der Waals surface area contributed by atoms with Gasteiger partial charge in [0.2, 0.25) is 5.65 Å². The van der Waals surface area contributed by atoms with Gasteiger partial charge in [0.1, 0.15) is 0 Å². The Kier molecular flexibility index (Phi) is 0.689. The number of hydrogen-bond donors (Lipinski definition) is 0. The van der Waals surface area contributed by atoms with E-state index in [0.29, 0.717) is 11.2 Å². The average molecular weight is 123 g/mol. The van der Waals surface area contributed by atoms with Gasteiger partial charge in [0.25, 0.3) is 0 Å². The fourth-order valence-electron chi connectivity index (χ4n) is 0.494. The molecule has 0 amide bonds. The third-order valence-corrected chi connectivity index (χ3v) is 0.865. The molecule has 0 radical (unpaired) electrons. The Hall–Kier alpha value is -1.59. The molecule has 9 heavy (non-hydrogen) atoms. The van der Waals surface area contributed by atoms with E-state index >= 15 is 0 Å². The minimum atomic E-state index is 0.380. The van der Waals surface area contributed by atoms with Crippen molar-refractivity contribution in [3.8, 4) is 0 Å². The predicted molar refractivity (Wildman–Crippen MR) is 25.2 cm³/mol. The highest BCUT2D eigenvalue weighted by atomic mass is 16.5. The molecule has 6 nitrogen and oxygen atoms in total. The molecule has 6 heteroatoms. The predicted octanol–water partition coefficient (Wildman–Crippen LogP) is -0.592. The lowest BCUT2D eigenvalue weighted by Gasteiger charge is -1.74. The molecule has 0 unspecified atom stereocenters. The third-order valence-electron chi connectivity index (χ3n) is 0.865. The molecule has 0 aliphatic rings. The molecule has 2 aromatic rings. The molecule has 2 aromatic heterocycles. The molecular weight excluding hydrogens is 122 g/mol. The number of fused-ring (bicyclic) bond motifs is 1. The van der Waals surface area contributed by atoms with Crippen molar-refractivity contribution in [2.45, 2.75) is 0 Å². The van der Waals surface area contributed by atoms with Gasteiger partial charge in [0, 0.05) is 0 Å². The first-order chi connectivity index (χ1) is 4.47. The molecular formula is C3HN5O. The van der Waals surface area contributed by atoms with E-state index in [2.05, 4.69) is 30.3 Å². The van der Waals surface area contributed by atoms with E-state index in [1.54, 1.807) is 0 Å². The maximum absolute atomic E-state index is 4.51. The van der Waals surface area contributed by atoms with Gasteiger partial charge in [-0.05, 0) is 10.4 Å². The van der Waals surface area contributed by atoms with Gasteiger partial charge >= 0.3 is 0 Å². The van der Waals surface area contributed by atoms with E-state index in [4.69, 9.17) is 0 Å². The van der Waals surface area contributed by atoms with Crippen LogP contribution in [0.15, 0.2) is 10.8 Å². The highest BCUT2D eigenvalue weighted by molar-refractivity contribution is 5.65. The number of hydrogen-bond acceptors (Lipinski definition) is 6. The van der Waals surface area contributed by atoms with Gasteiger partial charge in [-0.1, -0.05) is 5.16 Å². The lowest BCUT2D eigenvalue weighted by atomic mass is 10.6. The van der Waals surface area contributed by atoms with Crippen molar-refractivity contribution in [3.05, 3.63) is 6.26 Å². The summed E-state index contributed by atoms with van der Waals surface area (Å²) in [6, 6.07) is 0. The zero-order valence-corrected chi connectivity index (χ0v) is 4.22. The summed E-state index contributed by atoms with van der Waals surface area (Å²) in [4.78, 5) is 0. The van der Waals surface area contributed by atoms with Crippen LogP contribution >= 0.6 is 0 Å². The second-order valence-electron chi connectivity index (χ2n) is 1.40. The van der Waals surface area contributed by atoms with Crippen LogP contribution in [0.4, 0.5) is 0 Å². The summed E-state index contributed by atoms with van der Waals surface area (Å²) in [6.07, 6.45) is 1.36. The van der Waals surface area contributed by atoms with Crippen LogP contribution < -0.4 is 0 Å². The molecule has 0 aliphatic carbocycles. The first kappa shape index (κ1) is 4.30. The van der Waals surface area contributed by atoms with E-state index in [1.165, 1.54) is 6.26 Å². The first-order valence-corrected chi connectivity index (χ1v) is 2.23. The molecule has 0 aliphatic heterocycles. The van der Waals surface area contributed by atoms with Crippen molar-refractivity contribution in [3.63, 3.8) is 0 Å². The second kappa shape index (κ2) is 1.44. The fraction of sp³-hybridized carbons (Fsp3) is 0. The van der Waals surface area contributed by atoms with Crippen LogP contribution in [-0.2, 0) is 0 Å². The normalized spacial score (nSPS) is 10.2. The molecule has 0 spiro atoms. The van der Waals surface area contributed by atoms with Crippen LogP contribution in [0.2, 0.25) is 0 Å². The Balaban J connectivity index is 2.95. The molecule has 2 heterocycles. The summed E-state index contributed by atoms with van der Waals surface area (Å²) in [6.45, 7) is 0. The van der Waals surface area contributed by atoms with Gasteiger partial charge < -0.3 is 4.52 Å². The molecule has 0 atom stereocenters. The van der Waals surface area contributed by atoms with Crippen LogP contribution in [0.25, 0.3) is 11.2 Å². The van der Waals surface area contributed by atoms with Crippen molar-refractivity contribution >= 4 is 11.2 Å². The molecule has 0 aromatic carbocycles. The number of rotatable bonds is 0. The summed E-state index contributed by atoms with van der Waals surface area (Å²) < 4.78 is 4.51. The van der Waals surface area contributed by atoms with Crippen LogP contribution in [0, 0.1) is 0 Å². The molecule has 0 fully saturated rings. The maximum atomic E-state index is 4.51. The minimum Gasteiger partial charge on any atom is -0.360 e. The smallest absolute Gasteiger partial charge is 0.246 e. The molecule has 2 rings (SSSR count). The van der Waals surface area contributed by atoms with Gasteiger partial charge in [0.15, 0.2) is 11.8 Å². The molecule has 0 saturated heterocycles. The van der Waals surface area contributed by atoms with Crippen molar-refractivity contribution in [1.82, 2.24) is 25.8 Å². The number of nitrogens with zero attached hydrogens (tertiary/aromatic N) is 5. The largest absolute Gasteiger partial charge is 0.360 e. The summed E-state index contributed by atoms with van der Waals surface area (Å²) in [5.41, 5.74) is 0.898. The van der Waals surface area contributed by atoms with Crippen LogP contribution in [0.5, 0.6) is 0 Å². The molecule has 44 valence electrons.